The zero-order valence-corrected chi connectivity index (χ0v) is 10.3. The molecule has 2 rings (SSSR count). The number of anilines is 2. The lowest BCUT2D eigenvalue weighted by Gasteiger charge is -2.05. The van der Waals surface area contributed by atoms with Crippen LogP contribution in [0, 0.1) is 0 Å². The number of hydrogen-bond donors (Lipinski definition) is 2. The molecule has 3 N–H and O–H groups in total. The first-order valence-corrected chi connectivity index (χ1v) is 5.67. The van der Waals surface area contributed by atoms with Gasteiger partial charge in [0, 0.05) is 13.2 Å². The van der Waals surface area contributed by atoms with Crippen LogP contribution in [0.4, 0.5) is 11.5 Å². The maximum atomic E-state index is 12.1. The molecule has 6 nitrogen and oxygen atoms in total. The Balaban J connectivity index is 2.27. The van der Waals surface area contributed by atoms with Crippen molar-refractivity contribution in [1.82, 2.24) is 14.8 Å². The van der Waals surface area contributed by atoms with Crippen LogP contribution in [0.25, 0.3) is 0 Å². The molecule has 0 unspecified atom stereocenters. The van der Waals surface area contributed by atoms with Crippen LogP contribution in [-0.4, -0.2) is 20.7 Å². The lowest BCUT2D eigenvalue weighted by atomic mass is 10.2. The number of rotatable bonds is 3. The van der Waals surface area contributed by atoms with Crippen LogP contribution in [-0.2, 0) is 13.5 Å². The van der Waals surface area contributed by atoms with Crippen molar-refractivity contribution in [2.45, 2.75) is 13.3 Å². The number of amides is 1. The van der Waals surface area contributed by atoms with Crippen LogP contribution in [0.1, 0.15) is 23.1 Å². The summed E-state index contributed by atoms with van der Waals surface area (Å²) in [5, 5.41) is 6.89. The highest BCUT2D eigenvalue weighted by molar-refractivity contribution is 6.06. The average Bonchev–Trinajstić information content (AvgIpc) is 2.65. The minimum atomic E-state index is -0.305. The fourth-order valence-corrected chi connectivity index (χ4v) is 1.74. The molecule has 0 aliphatic rings. The summed E-state index contributed by atoms with van der Waals surface area (Å²) in [6, 6.07) is 5.29. The molecule has 0 atom stereocenters. The molecule has 0 spiro atoms. The minimum absolute atomic E-state index is 0.305. The molecule has 0 aliphatic heterocycles. The predicted molar refractivity (Wildman–Crippen MR) is 69.2 cm³/mol. The monoisotopic (exact) mass is 245 g/mol. The van der Waals surface area contributed by atoms with Gasteiger partial charge in [-0.1, -0.05) is 13.0 Å². The second kappa shape index (κ2) is 4.87. The smallest absolute Gasteiger partial charge is 0.277 e. The van der Waals surface area contributed by atoms with Crippen LogP contribution in [0.2, 0.25) is 0 Å². The van der Waals surface area contributed by atoms with E-state index in [1.165, 1.54) is 4.68 Å². The molecule has 0 bridgehead atoms. The van der Waals surface area contributed by atoms with Crippen molar-refractivity contribution in [2.24, 2.45) is 7.05 Å². The van der Waals surface area contributed by atoms with Crippen molar-refractivity contribution in [3.63, 3.8) is 0 Å². The van der Waals surface area contributed by atoms with Crippen LogP contribution < -0.4 is 11.1 Å². The number of carbonyl (C=O) groups is 1. The van der Waals surface area contributed by atoms with Crippen LogP contribution in [0.5, 0.6) is 0 Å². The van der Waals surface area contributed by atoms with Crippen molar-refractivity contribution < 1.29 is 4.79 Å². The van der Waals surface area contributed by atoms with Gasteiger partial charge < -0.3 is 11.1 Å². The average molecular weight is 245 g/mol. The van der Waals surface area contributed by atoms with Gasteiger partial charge in [-0.05, 0) is 18.6 Å². The summed E-state index contributed by atoms with van der Waals surface area (Å²) in [7, 11) is 1.70. The predicted octanol–water partition coefficient (Wildman–Crippen LogP) is 1.21. The van der Waals surface area contributed by atoms with Gasteiger partial charge in [0.25, 0.3) is 5.91 Å². The number of pyridine rings is 1. The van der Waals surface area contributed by atoms with Crippen LogP contribution in [0.15, 0.2) is 24.4 Å². The standard InChI is InChI=1S/C12H15N5O/c1-3-8-10(13)11(17(2)16-8)12(18)15-9-6-4-5-7-14-9/h4-7H,3,13H2,1-2H3,(H,14,15,18). The third kappa shape index (κ3) is 2.17. The number of aryl methyl sites for hydroxylation is 2. The molecule has 94 valence electrons. The van der Waals surface area contributed by atoms with Gasteiger partial charge in [0.05, 0.1) is 11.4 Å². The number of hydrogen-bond acceptors (Lipinski definition) is 4. The summed E-state index contributed by atoms with van der Waals surface area (Å²) >= 11 is 0. The van der Waals surface area contributed by atoms with E-state index >= 15 is 0 Å². The van der Waals surface area contributed by atoms with E-state index in [4.69, 9.17) is 5.73 Å². The number of nitrogens with zero attached hydrogens (tertiary/aromatic N) is 3. The maximum absolute atomic E-state index is 12.1. The van der Waals surface area contributed by atoms with E-state index < -0.39 is 0 Å². The highest BCUT2D eigenvalue weighted by Gasteiger charge is 2.19. The van der Waals surface area contributed by atoms with Gasteiger partial charge >= 0.3 is 0 Å². The normalized spacial score (nSPS) is 10.3. The number of aromatic nitrogens is 3. The molecule has 0 aliphatic carbocycles. The number of carbonyl (C=O) groups excluding carboxylic acids is 1. The quantitative estimate of drug-likeness (QED) is 0.851. The van der Waals surface area contributed by atoms with Crippen molar-refractivity contribution in [2.75, 3.05) is 11.1 Å². The molecule has 2 aromatic heterocycles. The van der Waals surface area contributed by atoms with E-state index in [-0.39, 0.29) is 5.91 Å². The number of nitrogens with one attached hydrogen (secondary N) is 1. The second-order valence-electron chi connectivity index (χ2n) is 3.86. The first-order chi connectivity index (χ1) is 8.63. The first-order valence-electron chi connectivity index (χ1n) is 5.67. The Bertz CT molecular complexity index is 561. The van der Waals surface area contributed by atoms with E-state index in [2.05, 4.69) is 15.4 Å². The summed E-state index contributed by atoms with van der Waals surface area (Å²) in [6.07, 6.45) is 2.30. The van der Waals surface area contributed by atoms with Crippen LogP contribution >= 0.6 is 0 Å². The van der Waals surface area contributed by atoms with E-state index in [0.29, 0.717) is 23.6 Å². The van der Waals surface area contributed by atoms with Crippen molar-refractivity contribution in [1.29, 1.82) is 0 Å². The van der Waals surface area contributed by atoms with Crippen LogP contribution in [0.3, 0.4) is 0 Å². The molecular formula is C12H15N5O. The van der Waals surface area contributed by atoms with Gasteiger partial charge in [-0.2, -0.15) is 5.10 Å². The molecule has 0 fully saturated rings. The zero-order valence-electron chi connectivity index (χ0n) is 10.3. The Labute approximate surface area is 105 Å². The maximum Gasteiger partial charge on any atom is 0.277 e. The molecule has 18 heavy (non-hydrogen) atoms. The molecule has 1 amide bonds. The highest BCUT2D eigenvalue weighted by atomic mass is 16.2. The summed E-state index contributed by atoms with van der Waals surface area (Å²) in [5.41, 5.74) is 7.41. The molecule has 0 saturated heterocycles. The molecule has 2 heterocycles. The Hall–Kier alpha value is -2.37. The summed E-state index contributed by atoms with van der Waals surface area (Å²) < 4.78 is 1.49. The molecule has 0 radical (unpaired) electrons. The SMILES string of the molecule is CCc1nn(C)c(C(=O)Nc2ccccn2)c1N. The van der Waals surface area contributed by atoms with Gasteiger partial charge in [0.15, 0.2) is 0 Å². The Morgan fingerprint density at radius 3 is 2.83 bits per heavy atom. The number of nitrogens with two attached hydrogens (primary N) is 1. The molecule has 0 aromatic carbocycles. The minimum Gasteiger partial charge on any atom is -0.395 e. The zero-order chi connectivity index (χ0) is 13.1. The van der Waals surface area contributed by atoms with Crippen molar-refractivity contribution in [3.8, 4) is 0 Å². The third-order valence-corrected chi connectivity index (χ3v) is 2.62. The summed E-state index contributed by atoms with van der Waals surface area (Å²) in [5.74, 6) is 0.182. The fourth-order valence-electron chi connectivity index (χ4n) is 1.74. The van der Waals surface area contributed by atoms with Gasteiger partial charge in [-0.3, -0.25) is 9.48 Å². The Kier molecular flexibility index (Phi) is 3.27. The van der Waals surface area contributed by atoms with E-state index in [1.807, 2.05) is 6.92 Å². The third-order valence-electron chi connectivity index (χ3n) is 2.62. The van der Waals surface area contributed by atoms with Crippen molar-refractivity contribution >= 4 is 17.4 Å². The first kappa shape index (κ1) is 12.1. The summed E-state index contributed by atoms with van der Waals surface area (Å²) in [4.78, 5) is 16.1. The largest absolute Gasteiger partial charge is 0.395 e. The molecule has 0 saturated carbocycles. The van der Waals surface area contributed by atoms with E-state index in [1.54, 1.807) is 31.4 Å². The molecule has 2 aromatic rings. The highest BCUT2D eigenvalue weighted by Crippen LogP contribution is 2.18. The van der Waals surface area contributed by atoms with Crippen molar-refractivity contribution in [3.05, 3.63) is 35.8 Å². The lowest BCUT2D eigenvalue weighted by Crippen LogP contribution is -2.18. The van der Waals surface area contributed by atoms with E-state index in [9.17, 15) is 4.79 Å². The second-order valence-corrected chi connectivity index (χ2v) is 3.86. The lowest BCUT2D eigenvalue weighted by molar-refractivity contribution is 0.101. The molecular weight excluding hydrogens is 230 g/mol. The van der Waals surface area contributed by atoms with Gasteiger partial charge in [0.1, 0.15) is 11.5 Å². The Morgan fingerprint density at radius 2 is 2.28 bits per heavy atom. The van der Waals surface area contributed by atoms with Gasteiger partial charge in [-0.15, -0.1) is 0 Å². The van der Waals surface area contributed by atoms with Gasteiger partial charge in [-0.25, -0.2) is 4.98 Å². The van der Waals surface area contributed by atoms with E-state index in [0.717, 1.165) is 5.69 Å². The number of nitrogen functional groups attached to an aromatic ring is 1. The molecule has 6 heteroatoms. The summed E-state index contributed by atoms with van der Waals surface area (Å²) in [6.45, 7) is 1.94. The fraction of sp³-hybridized carbons (Fsp3) is 0.250. The topological polar surface area (TPSA) is 85.8 Å². The Morgan fingerprint density at radius 1 is 1.50 bits per heavy atom. The van der Waals surface area contributed by atoms with Gasteiger partial charge in [0.2, 0.25) is 0 Å².